The number of hydrogen-bond acceptors (Lipinski definition) is 5. The Balaban J connectivity index is 1.61. The first-order valence-corrected chi connectivity index (χ1v) is 8.95. The van der Waals surface area contributed by atoms with Crippen LogP contribution in [0.2, 0.25) is 0 Å². The molecule has 1 atom stereocenters. The first-order chi connectivity index (χ1) is 13.5. The maximum absolute atomic E-state index is 12.7. The van der Waals surface area contributed by atoms with Crippen molar-refractivity contribution in [1.82, 2.24) is 14.9 Å². The molecule has 1 aliphatic rings. The largest absolute Gasteiger partial charge is 0.454 e. The van der Waals surface area contributed by atoms with Crippen LogP contribution in [0.1, 0.15) is 35.8 Å². The Hall–Kier alpha value is -3.55. The van der Waals surface area contributed by atoms with Gasteiger partial charge in [-0.1, -0.05) is 6.07 Å². The number of hydrogen-bond donors (Lipinski definition) is 2. The summed E-state index contributed by atoms with van der Waals surface area (Å²) in [6.45, 7) is 4.21. The lowest BCUT2D eigenvalue weighted by atomic mass is 10.1. The van der Waals surface area contributed by atoms with Crippen LogP contribution in [0.15, 0.2) is 46.0 Å². The maximum Gasteiger partial charge on any atom is 0.316 e. The summed E-state index contributed by atoms with van der Waals surface area (Å²) in [5.41, 5.74) is 0.968. The number of amides is 1. The van der Waals surface area contributed by atoms with Crippen LogP contribution in [0.3, 0.4) is 0 Å². The average Bonchev–Trinajstić information content (AvgIpc) is 3.16. The smallest absolute Gasteiger partial charge is 0.316 e. The minimum absolute atomic E-state index is 0.192. The Morgan fingerprint density at radius 1 is 1.18 bits per heavy atom. The number of nitrogens with zero attached hydrogens (tertiary/aromatic N) is 1. The van der Waals surface area contributed by atoms with Gasteiger partial charge in [0.15, 0.2) is 11.5 Å². The topological polar surface area (TPSA) is 102 Å². The van der Waals surface area contributed by atoms with Crippen molar-refractivity contribution in [2.24, 2.45) is 0 Å². The highest BCUT2D eigenvalue weighted by Gasteiger charge is 2.18. The Morgan fingerprint density at radius 2 is 1.96 bits per heavy atom. The fourth-order valence-electron chi connectivity index (χ4n) is 3.28. The van der Waals surface area contributed by atoms with Crippen molar-refractivity contribution >= 4 is 16.9 Å². The Kier molecular flexibility index (Phi) is 4.38. The van der Waals surface area contributed by atoms with Gasteiger partial charge in [0.25, 0.3) is 5.91 Å². The summed E-state index contributed by atoms with van der Waals surface area (Å²) in [6, 6.07) is 10.1. The Bertz CT molecular complexity index is 1190. The highest BCUT2D eigenvalue weighted by atomic mass is 16.7. The van der Waals surface area contributed by atoms with E-state index < -0.39 is 11.1 Å². The van der Waals surface area contributed by atoms with Gasteiger partial charge in [0.2, 0.25) is 6.79 Å². The van der Waals surface area contributed by atoms with Crippen molar-refractivity contribution in [3.8, 4) is 11.5 Å². The number of nitrogens with one attached hydrogen (secondary N) is 2. The van der Waals surface area contributed by atoms with Crippen LogP contribution >= 0.6 is 0 Å². The lowest BCUT2D eigenvalue weighted by Gasteiger charge is -2.15. The molecule has 2 aromatic carbocycles. The molecular formula is C20H19N3O5. The number of carbonyl (C=O) groups is 1. The molecule has 1 amide bonds. The van der Waals surface area contributed by atoms with Gasteiger partial charge in [-0.3, -0.25) is 14.4 Å². The van der Waals surface area contributed by atoms with Gasteiger partial charge in [-0.25, -0.2) is 0 Å². The minimum Gasteiger partial charge on any atom is -0.454 e. The van der Waals surface area contributed by atoms with E-state index in [4.69, 9.17) is 9.47 Å². The van der Waals surface area contributed by atoms with E-state index in [-0.39, 0.29) is 18.7 Å². The predicted molar refractivity (Wildman–Crippen MR) is 103 cm³/mol. The normalized spacial score (nSPS) is 13.5. The third-order valence-electron chi connectivity index (χ3n) is 4.80. The molecule has 4 rings (SSSR count). The zero-order valence-electron chi connectivity index (χ0n) is 15.4. The summed E-state index contributed by atoms with van der Waals surface area (Å²) in [5, 5.41) is 2.93. The molecule has 1 aliphatic heterocycles. The van der Waals surface area contributed by atoms with E-state index in [2.05, 4.69) is 10.3 Å². The second-order valence-electron chi connectivity index (χ2n) is 6.54. The summed E-state index contributed by atoms with van der Waals surface area (Å²) in [5.74, 6) is 1.05. The number of ether oxygens (including phenoxy) is 2. The van der Waals surface area contributed by atoms with Crippen molar-refractivity contribution in [2.75, 3.05) is 6.79 Å². The lowest BCUT2D eigenvalue weighted by Crippen LogP contribution is -2.36. The molecular weight excluding hydrogens is 362 g/mol. The first kappa shape index (κ1) is 17.8. The summed E-state index contributed by atoms with van der Waals surface area (Å²) in [6.07, 6.45) is 0. The third-order valence-corrected chi connectivity index (χ3v) is 4.80. The van der Waals surface area contributed by atoms with Crippen LogP contribution in [-0.2, 0) is 6.54 Å². The predicted octanol–water partition coefficient (Wildman–Crippen LogP) is 1.93. The summed E-state index contributed by atoms with van der Waals surface area (Å²) >= 11 is 0. The van der Waals surface area contributed by atoms with Crippen LogP contribution in [0.5, 0.6) is 11.5 Å². The summed E-state index contributed by atoms with van der Waals surface area (Å²) in [7, 11) is 0. The van der Waals surface area contributed by atoms with Gasteiger partial charge in [-0.05, 0) is 49.7 Å². The SMILES string of the molecule is CCn1c(=O)c(=O)[nH]c2cc(C(=O)NC(C)c3ccc4c(c3)OCO4)ccc21. The fraction of sp³-hybridized carbons (Fsp3) is 0.250. The van der Waals surface area contributed by atoms with E-state index in [1.807, 2.05) is 25.1 Å². The van der Waals surface area contributed by atoms with E-state index in [0.717, 1.165) is 5.56 Å². The Labute approximate surface area is 159 Å². The molecule has 28 heavy (non-hydrogen) atoms. The number of aryl methyl sites for hydroxylation is 1. The van der Waals surface area contributed by atoms with E-state index in [0.29, 0.717) is 34.6 Å². The highest BCUT2D eigenvalue weighted by molar-refractivity contribution is 5.97. The van der Waals surface area contributed by atoms with E-state index >= 15 is 0 Å². The molecule has 144 valence electrons. The lowest BCUT2D eigenvalue weighted by molar-refractivity contribution is 0.0940. The van der Waals surface area contributed by atoms with E-state index in [1.165, 1.54) is 4.57 Å². The van der Waals surface area contributed by atoms with Gasteiger partial charge in [0.05, 0.1) is 17.1 Å². The molecule has 0 spiro atoms. The molecule has 1 aromatic heterocycles. The standard InChI is InChI=1S/C20H19N3O5/c1-3-23-15-6-4-13(8-14(15)22-19(25)20(23)26)18(24)21-11(2)12-5-7-16-17(9-12)28-10-27-16/h4-9,11H,3,10H2,1-2H3,(H,21,24)(H,22,25). The van der Waals surface area contributed by atoms with Crippen molar-refractivity contribution in [3.05, 3.63) is 68.2 Å². The number of aromatic nitrogens is 2. The second kappa shape index (κ2) is 6.88. The molecule has 1 unspecified atom stereocenters. The van der Waals surface area contributed by atoms with E-state index in [1.54, 1.807) is 25.1 Å². The van der Waals surface area contributed by atoms with Crippen molar-refractivity contribution in [2.45, 2.75) is 26.4 Å². The molecule has 0 radical (unpaired) electrons. The molecule has 2 N–H and O–H groups in total. The van der Waals surface area contributed by atoms with Crippen molar-refractivity contribution in [1.29, 1.82) is 0 Å². The average molecular weight is 381 g/mol. The monoisotopic (exact) mass is 381 g/mol. The molecule has 0 bridgehead atoms. The number of benzene rings is 2. The molecule has 2 heterocycles. The molecule has 0 aliphatic carbocycles. The molecule has 0 saturated heterocycles. The molecule has 0 saturated carbocycles. The summed E-state index contributed by atoms with van der Waals surface area (Å²) < 4.78 is 12.1. The van der Waals surface area contributed by atoms with Gasteiger partial charge in [0, 0.05) is 12.1 Å². The maximum atomic E-state index is 12.7. The molecule has 8 nitrogen and oxygen atoms in total. The number of fused-ring (bicyclic) bond motifs is 2. The van der Waals surface area contributed by atoms with Gasteiger partial charge >= 0.3 is 11.1 Å². The molecule has 0 fully saturated rings. The van der Waals surface area contributed by atoms with Gasteiger partial charge < -0.3 is 24.3 Å². The highest BCUT2D eigenvalue weighted by Crippen LogP contribution is 2.34. The molecule has 8 heteroatoms. The quantitative estimate of drug-likeness (QED) is 0.673. The second-order valence-corrected chi connectivity index (χ2v) is 6.54. The van der Waals surface area contributed by atoms with Gasteiger partial charge in [0.1, 0.15) is 0 Å². The molecule has 3 aromatic rings. The summed E-state index contributed by atoms with van der Waals surface area (Å²) in [4.78, 5) is 39.0. The van der Waals surface area contributed by atoms with Crippen LogP contribution in [0, 0.1) is 0 Å². The first-order valence-electron chi connectivity index (χ1n) is 8.95. The number of rotatable bonds is 4. The van der Waals surface area contributed by atoms with Crippen LogP contribution in [0.4, 0.5) is 0 Å². The van der Waals surface area contributed by atoms with Crippen molar-refractivity contribution in [3.63, 3.8) is 0 Å². The number of H-pyrrole nitrogens is 1. The van der Waals surface area contributed by atoms with Crippen LogP contribution in [0.25, 0.3) is 11.0 Å². The third kappa shape index (κ3) is 3.02. The van der Waals surface area contributed by atoms with Crippen molar-refractivity contribution < 1.29 is 14.3 Å². The van der Waals surface area contributed by atoms with E-state index in [9.17, 15) is 14.4 Å². The number of carbonyl (C=O) groups excluding carboxylic acids is 1. The number of aromatic amines is 1. The Morgan fingerprint density at radius 3 is 2.75 bits per heavy atom. The minimum atomic E-state index is -0.708. The zero-order valence-corrected chi connectivity index (χ0v) is 15.4. The van der Waals surface area contributed by atoms with Crippen LogP contribution < -0.4 is 25.9 Å². The van der Waals surface area contributed by atoms with Crippen LogP contribution in [-0.4, -0.2) is 22.3 Å². The zero-order chi connectivity index (χ0) is 19.8. The van der Waals surface area contributed by atoms with Gasteiger partial charge in [-0.15, -0.1) is 0 Å². The van der Waals surface area contributed by atoms with Gasteiger partial charge in [-0.2, -0.15) is 0 Å². The fourth-order valence-corrected chi connectivity index (χ4v) is 3.28.